The summed E-state index contributed by atoms with van der Waals surface area (Å²) in [6, 6.07) is 0.213. The van der Waals surface area contributed by atoms with Crippen LogP contribution in [-0.4, -0.2) is 49.7 Å². The zero-order valence-corrected chi connectivity index (χ0v) is 10.4. The highest BCUT2D eigenvalue weighted by Crippen LogP contribution is 2.19. The average molecular weight is 233 g/mol. The van der Waals surface area contributed by atoms with Crippen molar-refractivity contribution in [1.82, 2.24) is 4.90 Å². The van der Waals surface area contributed by atoms with Crippen molar-refractivity contribution in [3.05, 3.63) is 0 Å². The van der Waals surface area contributed by atoms with Crippen molar-refractivity contribution in [2.24, 2.45) is 0 Å². The maximum atomic E-state index is 11.3. The molecule has 0 saturated carbocycles. The third-order valence-electron chi connectivity index (χ3n) is 3.06. The zero-order chi connectivity index (χ0) is 11.6. The first-order valence-electron chi connectivity index (χ1n) is 5.23. The molecule has 0 aliphatic carbocycles. The van der Waals surface area contributed by atoms with Gasteiger partial charge >= 0.3 is 0 Å². The summed E-state index contributed by atoms with van der Waals surface area (Å²) in [7, 11) is -0.927. The predicted molar refractivity (Wildman–Crippen MR) is 59.6 cm³/mol. The fourth-order valence-corrected chi connectivity index (χ4v) is 3.80. The molecule has 1 aliphatic rings. The molecule has 1 heterocycles. The van der Waals surface area contributed by atoms with E-state index in [9.17, 15) is 13.2 Å². The molecule has 0 aromatic carbocycles. The summed E-state index contributed by atoms with van der Waals surface area (Å²) in [5, 5.41) is 0. The second-order valence-corrected chi connectivity index (χ2v) is 6.71. The van der Waals surface area contributed by atoms with Gasteiger partial charge in [0.25, 0.3) is 0 Å². The number of ketones is 1. The van der Waals surface area contributed by atoms with E-state index in [-0.39, 0.29) is 29.4 Å². The fraction of sp³-hybridized carbons (Fsp3) is 0.900. The summed E-state index contributed by atoms with van der Waals surface area (Å²) < 4.78 is 22.6. The number of hydrogen-bond donors (Lipinski definition) is 0. The molecule has 0 N–H and O–H groups in total. The second kappa shape index (κ2) is 4.61. The standard InChI is InChI=1S/C10H19NO3S/c1-8(6-9(2)12)11(3)10-4-5-15(13,14)7-10/h8,10H,4-7H2,1-3H3. The van der Waals surface area contributed by atoms with Crippen LogP contribution < -0.4 is 0 Å². The lowest BCUT2D eigenvalue weighted by Crippen LogP contribution is -2.40. The molecule has 1 saturated heterocycles. The van der Waals surface area contributed by atoms with Crippen LogP contribution in [0.15, 0.2) is 0 Å². The molecule has 88 valence electrons. The van der Waals surface area contributed by atoms with E-state index >= 15 is 0 Å². The normalized spacial score (nSPS) is 26.8. The molecule has 0 spiro atoms. The topological polar surface area (TPSA) is 54.5 Å². The maximum Gasteiger partial charge on any atom is 0.151 e. The van der Waals surface area contributed by atoms with E-state index in [4.69, 9.17) is 0 Å². The van der Waals surface area contributed by atoms with Crippen LogP contribution in [-0.2, 0) is 14.6 Å². The van der Waals surface area contributed by atoms with E-state index in [1.54, 1.807) is 6.92 Å². The van der Waals surface area contributed by atoms with E-state index < -0.39 is 9.84 Å². The van der Waals surface area contributed by atoms with Crippen molar-refractivity contribution in [1.29, 1.82) is 0 Å². The van der Waals surface area contributed by atoms with Gasteiger partial charge in [-0.2, -0.15) is 0 Å². The molecule has 0 amide bonds. The Morgan fingerprint density at radius 1 is 1.53 bits per heavy atom. The summed E-state index contributed by atoms with van der Waals surface area (Å²) in [5.41, 5.74) is 0. The molecular weight excluding hydrogens is 214 g/mol. The first-order chi connectivity index (χ1) is 6.82. The van der Waals surface area contributed by atoms with Gasteiger partial charge in [0, 0.05) is 18.5 Å². The Labute approximate surface area is 91.6 Å². The Balaban J connectivity index is 2.54. The third-order valence-corrected chi connectivity index (χ3v) is 4.81. The number of Topliss-reactive ketones (excluding diaryl/α,β-unsaturated/α-hetero) is 1. The molecular formula is C10H19NO3S. The minimum absolute atomic E-state index is 0.0874. The van der Waals surface area contributed by atoms with Crippen LogP contribution in [0.1, 0.15) is 26.7 Å². The van der Waals surface area contributed by atoms with Gasteiger partial charge in [0.15, 0.2) is 9.84 Å². The summed E-state index contributed by atoms with van der Waals surface area (Å²) >= 11 is 0. The fourth-order valence-electron chi connectivity index (χ4n) is 2.02. The molecule has 0 radical (unpaired) electrons. The average Bonchev–Trinajstić information content (AvgIpc) is 2.43. The monoisotopic (exact) mass is 233 g/mol. The molecule has 2 atom stereocenters. The van der Waals surface area contributed by atoms with Crippen LogP contribution in [0.25, 0.3) is 0 Å². The van der Waals surface area contributed by atoms with Gasteiger partial charge in [-0.15, -0.1) is 0 Å². The van der Waals surface area contributed by atoms with Crippen LogP contribution in [0.2, 0.25) is 0 Å². The Kier molecular flexibility index (Phi) is 3.89. The van der Waals surface area contributed by atoms with Gasteiger partial charge < -0.3 is 0 Å². The van der Waals surface area contributed by atoms with Crippen molar-refractivity contribution in [3.8, 4) is 0 Å². The molecule has 15 heavy (non-hydrogen) atoms. The largest absolute Gasteiger partial charge is 0.300 e. The van der Waals surface area contributed by atoms with Gasteiger partial charge in [-0.25, -0.2) is 8.42 Å². The van der Waals surface area contributed by atoms with E-state index in [2.05, 4.69) is 0 Å². The molecule has 4 nitrogen and oxygen atoms in total. The summed E-state index contributed by atoms with van der Waals surface area (Å²) in [5.74, 6) is 0.677. The lowest BCUT2D eigenvalue weighted by atomic mass is 10.1. The SMILES string of the molecule is CC(=O)CC(C)N(C)C1CCS(=O)(=O)C1. The summed E-state index contributed by atoms with van der Waals surface area (Å²) in [6.07, 6.45) is 1.19. The maximum absolute atomic E-state index is 11.3. The highest BCUT2D eigenvalue weighted by molar-refractivity contribution is 7.91. The lowest BCUT2D eigenvalue weighted by Gasteiger charge is -2.29. The van der Waals surface area contributed by atoms with Crippen LogP contribution in [0.5, 0.6) is 0 Å². The van der Waals surface area contributed by atoms with Crippen molar-refractivity contribution in [2.45, 2.75) is 38.8 Å². The van der Waals surface area contributed by atoms with Crippen molar-refractivity contribution >= 4 is 15.6 Å². The molecule has 0 bridgehead atoms. The van der Waals surface area contributed by atoms with Gasteiger partial charge in [0.1, 0.15) is 5.78 Å². The number of hydrogen-bond acceptors (Lipinski definition) is 4. The predicted octanol–water partition coefficient (Wildman–Crippen LogP) is 0.473. The lowest BCUT2D eigenvalue weighted by molar-refractivity contribution is -0.118. The Morgan fingerprint density at radius 3 is 2.53 bits per heavy atom. The van der Waals surface area contributed by atoms with Gasteiger partial charge in [0.05, 0.1) is 11.5 Å². The zero-order valence-electron chi connectivity index (χ0n) is 9.56. The number of sulfone groups is 1. The molecule has 1 aliphatic heterocycles. The van der Waals surface area contributed by atoms with Gasteiger partial charge in [-0.05, 0) is 27.3 Å². The van der Waals surface area contributed by atoms with Crippen LogP contribution in [0, 0.1) is 0 Å². The highest BCUT2D eigenvalue weighted by Gasteiger charge is 2.32. The Morgan fingerprint density at radius 2 is 2.13 bits per heavy atom. The van der Waals surface area contributed by atoms with Gasteiger partial charge in [-0.3, -0.25) is 9.69 Å². The highest BCUT2D eigenvalue weighted by atomic mass is 32.2. The number of carbonyl (C=O) groups excluding carboxylic acids is 1. The van der Waals surface area contributed by atoms with Crippen molar-refractivity contribution in [3.63, 3.8) is 0 Å². The molecule has 2 unspecified atom stereocenters. The van der Waals surface area contributed by atoms with Crippen LogP contribution >= 0.6 is 0 Å². The van der Waals surface area contributed by atoms with Gasteiger partial charge in [0.2, 0.25) is 0 Å². The van der Waals surface area contributed by atoms with Crippen LogP contribution in [0.3, 0.4) is 0 Å². The summed E-state index contributed by atoms with van der Waals surface area (Å²) in [6.45, 7) is 3.53. The molecule has 1 fully saturated rings. The first-order valence-corrected chi connectivity index (χ1v) is 7.06. The third kappa shape index (κ3) is 3.57. The van der Waals surface area contributed by atoms with Crippen LogP contribution in [0.4, 0.5) is 0 Å². The van der Waals surface area contributed by atoms with E-state index in [1.165, 1.54) is 0 Å². The first kappa shape index (κ1) is 12.6. The van der Waals surface area contributed by atoms with E-state index in [0.717, 1.165) is 0 Å². The molecule has 5 heteroatoms. The number of nitrogens with zero attached hydrogens (tertiary/aromatic N) is 1. The smallest absolute Gasteiger partial charge is 0.151 e. The minimum Gasteiger partial charge on any atom is -0.300 e. The Bertz CT molecular complexity index is 337. The molecule has 0 aromatic heterocycles. The quantitative estimate of drug-likeness (QED) is 0.708. The minimum atomic E-state index is -2.83. The van der Waals surface area contributed by atoms with E-state index in [1.807, 2.05) is 18.9 Å². The van der Waals surface area contributed by atoms with Crippen molar-refractivity contribution < 1.29 is 13.2 Å². The number of carbonyl (C=O) groups is 1. The second-order valence-electron chi connectivity index (χ2n) is 4.48. The van der Waals surface area contributed by atoms with Gasteiger partial charge in [-0.1, -0.05) is 0 Å². The molecule has 1 rings (SSSR count). The summed E-state index contributed by atoms with van der Waals surface area (Å²) in [4.78, 5) is 13.0. The number of rotatable bonds is 4. The van der Waals surface area contributed by atoms with E-state index in [0.29, 0.717) is 12.8 Å². The molecule has 0 aromatic rings. The Hall–Kier alpha value is -0.420. The van der Waals surface area contributed by atoms with Crippen molar-refractivity contribution in [2.75, 3.05) is 18.6 Å².